The summed E-state index contributed by atoms with van der Waals surface area (Å²) in [4.78, 5) is 12.5. The lowest BCUT2D eigenvalue weighted by atomic mass is 10.2. The first kappa shape index (κ1) is 21.4. The fourth-order valence-electron chi connectivity index (χ4n) is 2.52. The van der Waals surface area contributed by atoms with Gasteiger partial charge in [0.05, 0.1) is 10.6 Å². The summed E-state index contributed by atoms with van der Waals surface area (Å²) in [5.74, 6) is -0.0810. The lowest BCUT2D eigenvalue weighted by Gasteiger charge is -2.09. The Morgan fingerprint density at radius 1 is 1.17 bits per heavy atom. The number of benzene rings is 2. The Balaban J connectivity index is 1.64. The van der Waals surface area contributed by atoms with Gasteiger partial charge in [-0.2, -0.15) is 0 Å². The fourth-order valence-corrected chi connectivity index (χ4v) is 4.75. The van der Waals surface area contributed by atoms with Crippen molar-refractivity contribution in [2.24, 2.45) is 7.05 Å². The number of sulfone groups is 1. The van der Waals surface area contributed by atoms with Crippen molar-refractivity contribution >= 4 is 44.8 Å². The summed E-state index contributed by atoms with van der Waals surface area (Å²) in [5.41, 5.74) is 1.55. The van der Waals surface area contributed by atoms with Crippen molar-refractivity contribution in [2.45, 2.75) is 22.7 Å². The number of rotatable bonds is 7. The van der Waals surface area contributed by atoms with Crippen LogP contribution in [0.5, 0.6) is 0 Å². The highest BCUT2D eigenvalue weighted by molar-refractivity contribution is 7.99. The molecule has 1 aromatic heterocycles. The van der Waals surface area contributed by atoms with Crippen LogP contribution in [0, 0.1) is 6.92 Å². The molecule has 3 rings (SSSR count). The molecule has 0 saturated heterocycles. The molecular weight excluding hydrogens is 432 g/mol. The summed E-state index contributed by atoms with van der Waals surface area (Å²) in [7, 11) is -1.85. The molecule has 0 atom stereocenters. The topological polar surface area (TPSA) is 94.0 Å². The molecule has 0 radical (unpaired) electrons. The molecule has 0 fully saturated rings. The Hall–Kier alpha value is -2.36. The molecule has 0 spiro atoms. The highest BCUT2D eigenvalue weighted by Gasteiger charge is 2.20. The van der Waals surface area contributed by atoms with Crippen LogP contribution < -0.4 is 5.32 Å². The molecule has 7 nitrogen and oxygen atoms in total. The van der Waals surface area contributed by atoms with E-state index in [1.807, 2.05) is 13.0 Å². The van der Waals surface area contributed by atoms with Crippen molar-refractivity contribution in [1.82, 2.24) is 14.8 Å². The first-order valence-corrected chi connectivity index (χ1v) is 11.6. The first-order chi connectivity index (χ1) is 13.8. The van der Waals surface area contributed by atoms with E-state index in [1.54, 1.807) is 54.1 Å². The zero-order chi connectivity index (χ0) is 21.0. The van der Waals surface area contributed by atoms with Crippen LogP contribution in [-0.2, 0) is 27.4 Å². The van der Waals surface area contributed by atoms with Gasteiger partial charge >= 0.3 is 0 Å². The monoisotopic (exact) mass is 450 g/mol. The maximum absolute atomic E-state index is 12.5. The van der Waals surface area contributed by atoms with Crippen molar-refractivity contribution in [2.75, 3.05) is 11.1 Å². The van der Waals surface area contributed by atoms with E-state index < -0.39 is 9.84 Å². The summed E-state index contributed by atoms with van der Waals surface area (Å²) in [6.07, 6.45) is 0. The number of carbonyl (C=O) groups is 1. The van der Waals surface area contributed by atoms with Crippen LogP contribution in [0.15, 0.2) is 58.6 Å². The summed E-state index contributed by atoms with van der Waals surface area (Å²) >= 11 is 7.14. The molecule has 0 aliphatic carbocycles. The highest BCUT2D eigenvalue weighted by Crippen LogP contribution is 2.22. The predicted octanol–water partition coefficient (Wildman–Crippen LogP) is 3.48. The summed E-state index contributed by atoms with van der Waals surface area (Å²) in [5, 5.41) is 11.8. The van der Waals surface area contributed by atoms with Gasteiger partial charge in [-0.25, -0.2) is 8.42 Å². The molecular formula is C19H19ClN4O3S2. The Labute approximate surface area is 178 Å². The van der Waals surface area contributed by atoms with Gasteiger partial charge in [0.2, 0.25) is 5.91 Å². The van der Waals surface area contributed by atoms with Crippen LogP contribution in [-0.4, -0.2) is 34.8 Å². The number of aryl methyl sites for hydroxylation is 1. The Bertz CT molecular complexity index is 1130. The normalized spacial score (nSPS) is 11.4. The summed E-state index contributed by atoms with van der Waals surface area (Å²) in [6, 6.07) is 13.5. The van der Waals surface area contributed by atoms with Crippen molar-refractivity contribution < 1.29 is 13.2 Å². The van der Waals surface area contributed by atoms with Gasteiger partial charge in [-0.1, -0.05) is 47.6 Å². The lowest BCUT2D eigenvalue weighted by Crippen LogP contribution is -2.15. The quantitative estimate of drug-likeness (QED) is 0.554. The summed E-state index contributed by atoms with van der Waals surface area (Å²) < 4.78 is 26.6. The van der Waals surface area contributed by atoms with Crippen molar-refractivity contribution in [3.63, 3.8) is 0 Å². The number of aromatic nitrogens is 3. The second-order valence-corrected chi connectivity index (χ2v) is 9.69. The van der Waals surface area contributed by atoms with Gasteiger partial charge in [0, 0.05) is 17.8 Å². The molecule has 0 unspecified atom stereocenters. The first-order valence-electron chi connectivity index (χ1n) is 8.61. The average Bonchev–Trinajstić information content (AvgIpc) is 3.03. The van der Waals surface area contributed by atoms with E-state index in [2.05, 4.69) is 15.5 Å². The molecule has 0 saturated carbocycles. The summed E-state index contributed by atoms with van der Waals surface area (Å²) in [6.45, 7) is 1.88. The molecule has 0 bridgehead atoms. The molecule has 1 N–H and O–H groups in total. The van der Waals surface area contributed by atoms with Crippen molar-refractivity contribution in [1.29, 1.82) is 0 Å². The van der Waals surface area contributed by atoms with E-state index in [0.29, 0.717) is 21.7 Å². The minimum atomic E-state index is -3.53. The predicted molar refractivity (Wildman–Crippen MR) is 114 cm³/mol. The second-order valence-electron chi connectivity index (χ2n) is 6.33. The van der Waals surface area contributed by atoms with E-state index in [0.717, 1.165) is 5.56 Å². The number of nitrogens with zero attached hydrogens (tertiary/aromatic N) is 3. The van der Waals surface area contributed by atoms with E-state index in [9.17, 15) is 13.2 Å². The average molecular weight is 451 g/mol. The molecule has 10 heteroatoms. The highest BCUT2D eigenvalue weighted by atomic mass is 35.5. The number of carbonyl (C=O) groups excluding carboxylic acids is 1. The van der Waals surface area contributed by atoms with Gasteiger partial charge < -0.3 is 9.88 Å². The van der Waals surface area contributed by atoms with Crippen LogP contribution in [0.3, 0.4) is 0 Å². The van der Waals surface area contributed by atoms with Gasteiger partial charge in [-0.15, -0.1) is 10.2 Å². The maximum atomic E-state index is 12.5. The van der Waals surface area contributed by atoms with E-state index >= 15 is 0 Å². The van der Waals surface area contributed by atoms with Gasteiger partial charge in [0.25, 0.3) is 0 Å². The Kier molecular flexibility index (Phi) is 6.61. The van der Waals surface area contributed by atoms with E-state index in [4.69, 9.17) is 11.6 Å². The van der Waals surface area contributed by atoms with Gasteiger partial charge in [-0.05, 0) is 36.8 Å². The minimum absolute atomic E-state index is 0.101. The fraction of sp³-hybridized carbons (Fsp3) is 0.211. The largest absolute Gasteiger partial charge is 0.325 e. The molecule has 0 aliphatic rings. The second kappa shape index (κ2) is 8.98. The molecule has 3 aromatic rings. The molecule has 29 heavy (non-hydrogen) atoms. The van der Waals surface area contributed by atoms with Crippen LogP contribution in [0.4, 0.5) is 5.69 Å². The number of halogens is 1. The standard InChI is InChI=1S/C19H19ClN4O3S2/c1-13-8-9-14(20)10-16(13)21-18(25)11-28-19-23-22-17(24(19)2)12-29(26,27)15-6-4-3-5-7-15/h3-10H,11-12H2,1-2H3,(H,21,25). The molecule has 1 amide bonds. The number of thioether (sulfide) groups is 1. The Morgan fingerprint density at radius 2 is 1.90 bits per heavy atom. The molecule has 152 valence electrons. The number of hydrogen-bond donors (Lipinski definition) is 1. The maximum Gasteiger partial charge on any atom is 0.234 e. The SMILES string of the molecule is Cc1ccc(Cl)cc1NC(=O)CSc1nnc(CS(=O)(=O)c2ccccc2)n1C. The molecule has 2 aromatic carbocycles. The number of amides is 1. The van der Waals surface area contributed by atoms with Crippen molar-refractivity contribution in [3.05, 3.63) is 64.9 Å². The smallest absolute Gasteiger partial charge is 0.234 e. The third kappa shape index (κ3) is 5.37. The molecule has 1 heterocycles. The van der Waals surface area contributed by atoms with Crippen molar-refractivity contribution in [3.8, 4) is 0 Å². The number of hydrogen-bond acceptors (Lipinski definition) is 6. The minimum Gasteiger partial charge on any atom is -0.325 e. The molecule has 0 aliphatic heterocycles. The van der Waals surface area contributed by atoms with Crippen LogP contribution in [0.25, 0.3) is 0 Å². The zero-order valence-corrected chi connectivity index (χ0v) is 18.2. The third-order valence-electron chi connectivity index (χ3n) is 4.15. The van der Waals surface area contributed by atoms with Crippen LogP contribution in [0.1, 0.15) is 11.4 Å². The lowest BCUT2D eigenvalue weighted by molar-refractivity contribution is -0.113. The zero-order valence-electron chi connectivity index (χ0n) is 15.8. The van der Waals surface area contributed by atoms with Gasteiger partial charge in [-0.3, -0.25) is 4.79 Å². The number of nitrogens with one attached hydrogen (secondary N) is 1. The third-order valence-corrected chi connectivity index (χ3v) is 7.04. The van der Waals surface area contributed by atoms with Gasteiger partial charge in [0.15, 0.2) is 15.0 Å². The van der Waals surface area contributed by atoms with Crippen LogP contribution in [0.2, 0.25) is 5.02 Å². The van der Waals surface area contributed by atoms with E-state index in [1.165, 1.54) is 11.8 Å². The Morgan fingerprint density at radius 3 is 2.62 bits per heavy atom. The van der Waals surface area contributed by atoms with E-state index in [-0.39, 0.29) is 22.3 Å². The van der Waals surface area contributed by atoms with Crippen LogP contribution >= 0.6 is 23.4 Å². The number of anilines is 1. The van der Waals surface area contributed by atoms with Gasteiger partial charge in [0.1, 0.15) is 11.6 Å².